The van der Waals surface area contributed by atoms with Crippen LogP contribution >= 0.6 is 0 Å². The first-order valence-electron chi connectivity index (χ1n) is 7.35. The van der Waals surface area contributed by atoms with Gasteiger partial charge in [-0.25, -0.2) is 4.79 Å². The average molecular weight is 297 g/mol. The van der Waals surface area contributed by atoms with Crippen molar-refractivity contribution in [2.45, 2.75) is 19.8 Å². The standard InChI is InChI=1S/C18H19NO3/c1-2-3-13-22-18(21)15-11-7-8-12-16(15)19-17(20)14-9-5-4-6-10-14/h4-12H,2-3,13H2,1H3,(H,19,20). The fourth-order valence-electron chi connectivity index (χ4n) is 1.94. The van der Waals surface area contributed by atoms with Crippen molar-refractivity contribution < 1.29 is 14.3 Å². The highest BCUT2D eigenvalue weighted by Gasteiger charge is 2.14. The second kappa shape index (κ2) is 7.98. The van der Waals surface area contributed by atoms with Crippen LogP contribution in [0.2, 0.25) is 0 Å². The van der Waals surface area contributed by atoms with E-state index in [9.17, 15) is 9.59 Å². The molecule has 0 atom stereocenters. The molecule has 0 spiro atoms. The monoisotopic (exact) mass is 297 g/mol. The summed E-state index contributed by atoms with van der Waals surface area (Å²) in [5.41, 5.74) is 1.36. The Hall–Kier alpha value is -2.62. The van der Waals surface area contributed by atoms with Gasteiger partial charge in [0.25, 0.3) is 5.91 Å². The van der Waals surface area contributed by atoms with Crippen LogP contribution in [-0.2, 0) is 4.74 Å². The van der Waals surface area contributed by atoms with Crippen LogP contribution in [-0.4, -0.2) is 18.5 Å². The van der Waals surface area contributed by atoms with Crippen molar-refractivity contribution in [2.24, 2.45) is 0 Å². The molecule has 0 unspecified atom stereocenters. The van der Waals surface area contributed by atoms with Crippen molar-refractivity contribution in [1.29, 1.82) is 0 Å². The zero-order chi connectivity index (χ0) is 15.8. The van der Waals surface area contributed by atoms with Gasteiger partial charge in [0, 0.05) is 5.56 Å². The van der Waals surface area contributed by atoms with Crippen molar-refractivity contribution in [1.82, 2.24) is 0 Å². The molecule has 0 aliphatic rings. The predicted octanol–water partition coefficient (Wildman–Crippen LogP) is 3.90. The van der Waals surface area contributed by atoms with Gasteiger partial charge in [0.2, 0.25) is 0 Å². The maximum absolute atomic E-state index is 12.2. The van der Waals surface area contributed by atoms with Gasteiger partial charge in [-0.15, -0.1) is 0 Å². The molecule has 0 aromatic heterocycles. The topological polar surface area (TPSA) is 55.4 Å². The molecule has 0 aliphatic heterocycles. The number of nitrogens with one attached hydrogen (secondary N) is 1. The molecule has 4 nitrogen and oxygen atoms in total. The summed E-state index contributed by atoms with van der Waals surface area (Å²) in [5, 5.41) is 2.76. The summed E-state index contributed by atoms with van der Waals surface area (Å²) in [4.78, 5) is 24.3. The molecule has 0 saturated heterocycles. The van der Waals surface area contributed by atoms with Gasteiger partial charge in [0.05, 0.1) is 17.9 Å². The second-order valence-electron chi connectivity index (χ2n) is 4.86. The van der Waals surface area contributed by atoms with Gasteiger partial charge in [-0.1, -0.05) is 43.7 Å². The number of rotatable bonds is 6. The zero-order valence-corrected chi connectivity index (χ0v) is 12.5. The highest BCUT2D eigenvalue weighted by Crippen LogP contribution is 2.17. The lowest BCUT2D eigenvalue weighted by molar-refractivity contribution is 0.0501. The van der Waals surface area contributed by atoms with Crippen molar-refractivity contribution in [2.75, 3.05) is 11.9 Å². The quantitative estimate of drug-likeness (QED) is 0.650. The maximum Gasteiger partial charge on any atom is 0.340 e. The third kappa shape index (κ3) is 4.19. The Kier molecular flexibility index (Phi) is 5.72. The summed E-state index contributed by atoms with van der Waals surface area (Å²) in [6.45, 7) is 2.41. The molecule has 2 aromatic rings. The SMILES string of the molecule is CCCCOC(=O)c1ccccc1NC(=O)c1ccccc1. The molecule has 0 aliphatic carbocycles. The van der Waals surface area contributed by atoms with E-state index in [2.05, 4.69) is 5.32 Å². The Morgan fingerprint density at radius 2 is 1.68 bits per heavy atom. The van der Waals surface area contributed by atoms with Crippen molar-refractivity contribution in [3.63, 3.8) is 0 Å². The summed E-state index contributed by atoms with van der Waals surface area (Å²) in [5.74, 6) is -0.674. The normalized spacial score (nSPS) is 10.0. The van der Waals surface area contributed by atoms with Crippen LogP contribution < -0.4 is 5.32 Å². The summed E-state index contributed by atoms with van der Waals surface area (Å²) in [6, 6.07) is 15.7. The first-order chi connectivity index (χ1) is 10.7. The first-order valence-corrected chi connectivity index (χ1v) is 7.35. The summed E-state index contributed by atoms with van der Waals surface area (Å²) < 4.78 is 5.21. The van der Waals surface area contributed by atoms with Crippen LogP contribution in [0.3, 0.4) is 0 Å². The van der Waals surface area contributed by atoms with E-state index in [-0.39, 0.29) is 5.91 Å². The molecular formula is C18H19NO3. The third-order valence-electron chi connectivity index (χ3n) is 3.16. The van der Waals surface area contributed by atoms with E-state index in [1.807, 2.05) is 13.0 Å². The molecule has 22 heavy (non-hydrogen) atoms. The average Bonchev–Trinajstić information content (AvgIpc) is 2.56. The van der Waals surface area contributed by atoms with Gasteiger partial charge in [-0.05, 0) is 30.7 Å². The molecule has 1 amide bonds. The van der Waals surface area contributed by atoms with Crippen LogP contribution in [0.1, 0.15) is 40.5 Å². The highest BCUT2D eigenvalue weighted by atomic mass is 16.5. The van der Waals surface area contributed by atoms with Gasteiger partial charge >= 0.3 is 5.97 Å². The van der Waals surface area contributed by atoms with Gasteiger partial charge in [-0.3, -0.25) is 4.79 Å². The van der Waals surface area contributed by atoms with Crippen molar-refractivity contribution in [3.05, 3.63) is 65.7 Å². The number of esters is 1. The lowest BCUT2D eigenvalue weighted by Gasteiger charge is -2.10. The van der Waals surface area contributed by atoms with Gasteiger partial charge < -0.3 is 10.1 Å². The third-order valence-corrected chi connectivity index (χ3v) is 3.16. The Bertz CT molecular complexity index is 638. The number of amides is 1. The molecule has 114 valence electrons. The van der Waals surface area contributed by atoms with E-state index in [1.165, 1.54) is 0 Å². The number of anilines is 1. The molecular weight excluding hydrogens is 278 g/mol. The van der Waals surface area contributed by atoms with Crippen LogP contribution in [0.4, 0.5) is 5.69 Å². The Morgan fingerprint density at radius 1 is 1.00 bits per heavy atom. The van der Waals surface area contributed by atoms with Crippen LogP contribution in [0.5, 0.6) is 0 Å². The lowest BCUT2D eigenvalue weighted by atomic mass is 10.1. The maximum atomic E-state index is 12.2. The summed E-state index contributed by atoms with van der Waals surface area (Å²) in [6.07, 6.45) is 1.78. The molecule has 2 rings (SSSR count). The zero-order valence-electron chi connectivity index (χ0n) is 12.5. The van der Waals surface area contributed by atoms with E-state index >= 15 is 0 Å². The number of unbranched alkanes of at least 4 members (excludes halogenated alkanes) is 1. The summed E-state index contributed by atoms with van der Waals surface area (Å²) >= 11 is 0. The number of hydrogen-bond donors (Lipinski definition) is 1. The number of carbonyl (C=O) groups excluding carboxylic acids is 2. The summed E-state index contributed by atoms with van der Waals surface area (Å²) in [7, 11) is 0. The lowest BCUT2D eigenvalue weighted by Crippen LogP contribution is -2.16. The molecule has 2 aromatic carbocycles. The number of para-hydroxylation sites is 1. The predicted molar refractivity (Wildman–Crippen MR) is 86.0 cm³/mol. The Balaban J connectivity index is 2.11. The van der Waals surface area contributed by atoms with E-state index in [4.69, 9.17) is 4.74 Å². The van der Waals surface area contributed by atoms with Gasteiger partial charge in [-0.2, -0.15) is 0 Å². The van der Waals surface area contributed by atoms with E-state index < -0.39 is 5.97 Å². The first kappa shape index (κ1) is 15.8. The highest BCUT2D eigenvalue weighted by molar-refractivity contribution is 6.07. The van der Waals surface area contributed by atoms with E-state index in [0.717, 1.165) is 12.8 Å². The number of carbonyl (C=O) groups is 2. The number of benzene rings is 2. The van der Waals surface area contributed by atoms with Crippen molar-refractivity contribution in [3.8, 4) is 0 Å². The molecule has 1 N–H and O–H groups in total. The molecule has 0 bridgehead atoms. The fourth-order valence-corrected chi connectivity index (χ4v) is 1.94. The largest absolute Gasteiger partial charge is 0.462 e. The minimum atomic E-state index is -0.419. The van der Waals surface area contributed by atoms with E-state index in [1.54, 1.807) is 48.5 Å². The number of hydrogen-bond acceptors (Lipinski definition) is 3. The molecule has 0 saturated carbocycles. The van der Waals surface area contributed by atoms with E-state index in [0.29, 0.717) is 23.4 Å². The number of ether oxygens (including phenoxy) is 1. The van der Waals surface area contributed by atoms with Gasteiger partial charge in [0.1, 0.15) is 0 Å². The fraction of sp³-hybridized carbons (Fsp3) is 0.222. The minimum Gasteiger partial charge on any atom is -0.462 e. The molecule has 0 heterocycles. The Morgan fingerprint density at radius 3 is 2.41 bits per heavy atom. The van der Waals surface area contributed by atoms with Crippen LogP contribution in [0.15, 0.2) is 54.6 Å². The molecule has 0 fully saturated rings. The Labute approximate surface area is 130 Å². The van der Waals surface area contributed by atoms with Crippen LogP contribution in [0.25, 0.3) is 0 Å². The molecule has 4 heteroatoms. The smallest absolute Gasteiger partial charge is 0.340 e. The van der Waals surface area contributed by atoms with Gasteiger partial charge in [0.15, 0.2) is 0 Å². The van der Waals surface area contributed by atoms with Crippen LogP contribution in [0, 0.1) is 0 Å². The minimum absolute atomic E-state index is 0.255. The van der Waals surface area contributed by atoms with Crippen molar-refractivity contribution >= 4 is 17.6 Å². The second-order valence-corrected chi connectivity index (χ2v) is 4.86. The molecule has 0 radical (unpaired) electrons.